The van der Waals surface area contributed by atoms with Gasteiger partial charge in [0.2, 0.25) is 0 Å². The number of nitrogens with one attached hydrogen (secondary N) is 1. The van der Waals surface area contributed by atoms with Crippen LogP contribution in [-0.2, 0) is 14.8 Å². The molecule has 0 aromatic heterocycles. The molecule has 8 nitrogen and oxygen atoms in total. The second kappa shape index (κ2) is 9.40. The molecule has 12 heteroatoms. The van der Waals surface area contributed by atoms with E-state index in [1.54, 1.807) is 0 Å². The van der Waals surface area contributed by atoms with Crippen molar-refractivity contribution in [3.05, 3.63) is 70.2 Å². The van der Waals surface area contributed by atoms with Gasteiger partial charge < -0.3 is 14.2 Å². The fourth-order valence-corrected chi connectivity index (χ4v) is 5.05. The molecule has 0 saturated carbocycles. The minimum absolute atomic E-state index is 0.0596. The van der Waals surface area contributed by atoms with Gasteiger partial charge in [0.05, 0.1) is 35.0 Å². The number of hydrogen-bond donors (Lipinski definition) is 1. The van der Waals surface area contributed by atoms with Gasteiger partial charge in [-0.05, 0) is 36.4 Å². The Morgan fingerprint density at radius 3 is 2.51 bits per heavy atom. The SMILES string of the molecule is COc1c(Cl)cc2cc1S(=O)(=O)Nc1cc(c(F)cc1F)-c1cc(C#N)ccc1OCCOC2=O. The van der Waals surface area contributed by atoms with Crippen molar-refractivity contribution in [1.29, 1.82) is 5.26 Å². The Morgan fingerprint density at radius 1 is 1.06 bits per heavy atom. The zero-order valence-electron chi connectivity index (χ0n) is 17.9. The maximum Gasteiger partial charge on any atom is 0.338 e. The molecule has 1 aliphatic rings. The van der Waals surface area contributed by atoms with Crippen molar-refractivity contribution in [1.82, 2.24) is 0 Å². The third kappa shape index (κ3) is 4.71. The summed E-state index contributed by atoms with van der Waals surface area (Å²) in [4.78, 5) is 12.0. The number of fused-ring (bicyclic) bond motifs is 6. The first-order valence-corrected chi connectivity index (χ1v) is 11.7. The van der Waals surface area contributed by atoms with Crippen LogP contribution in [0, 0.1) is 23.0 Å². The van der Waals surface area contributed by atoms with Crippen LogP contribution in [0.25, 0.3) is 11.1 Å². The van der Waals surface area contributed by atoms with E-state index in [4.69, 9.17) is 25.8 Å². The predicted octanol–water partition coefficient (Wildman–Crippen LogP) is 4.52. The van der Waals surface area contributed by atoms with Gasteiger partial charge in [-0.3, -0.25) is 4.72 Å². The maximum atomic E-state index is 14.8. The molecule has 1 N–H and O–H groups in total. The smallest absolute Gasteiger partial charge is 0.338 e. The van der Waals surface area contributed by atoms with E-state index >= 15 is 0 Å². The molecule has 0 amide bonds. The zero-order chi connectivity index (χ0) is 25.3. The van der Waals surface area contributed by atoms with E-state index in [1.807, 2.05) is 10.8 Å². The Labute approximate surface area is 203 Å². The normalized spacial score (nSPS) is 14.7. The van der Waals surface area contributed by atoms with E-state index in [-0.39, 0.29) is 52.0 Å². The van der Waals surface area contributed by atoms with Gasteiger partial charge in [0.25, 0.3) is 10.0 Å². The van der Waals surface area contributed by atoms with E-state index in [0.717, 1.165) is 18.2 Å². The average molecular weight is 521 g/mol. The second-order valence-corrected chi connectivity index (χ2v) is 9.27. The Kier molecular flexibility index (Phi) is 6.51. The third-order valence-corrected chi connectivity index (χ3v) is 6.66. The number of esters is 1. The topological polar surface area (TPSA) is 115 Å². The largest absolute Gasteiger partial charge is 0.494 e. The number of nitrogens with zero attached hydrogens (tertiary/aromatic N) is 1. The highest BCUT2D eigenvalue weighted by Gasteiger charge is 2.27. The third-order valence-electron chi connectivity index (χ3n) is 5.01. The number of nitriles is 1. The summed E-state index contributed by atoms with van der Waals surface area (Å²) in [5, 5.41) is 9.05. The number of benzene rings is 3. The molecule has 1 heterocycles. The fourth-order valence-electron chi connectivity index (χ4n) is 3.42. The molecule has 4 rings (SSSR count). The predicted molar refractivity (Wildman–Crippen MR) is 121 cm³/mol. The number of rotatable bonds is 1. The van der Waals surface area contributed by atoms with Gasteiger partial charge in [-0.25, -0.2) is 22.0 Å². The summed E-state index contributed by atoms with van der Waals surface area (Å²) in [5.74, 6) is -3.33. The zero-order valence-corrected chi connectivity index (χ0v) is 19.5. The molecule has 3 aromatic rings. The van der Waals surface area contributed by atoms with Gasteiger partial charge in [0.1, 0.15) is 35.5 Å². The lowest BCUT2D eigenvalue weighted by atomic mass is 10.0. The summed E-state index contributed by atoms with van der Waals surface area (Å²) in [6.45, 7) is -0.410. The summed E-state index contributed by atoms with van der Waals surface area (Å²) in [7, 11) is -3.44. The van der Waals surface area contributed by atoms with E-state index in [0.29, 0.717) is 6.07 Å². The number of anilines is 1. The Balaban J connectivity index is 1.96. The summed E-state index contributed by atoms with van der Waals surface area (Å²) in [5.41, 5.74) is -0.828. The number of methoxy groups -OCH3 is 1. The van der Waals surface area contributed by atoms with E-state index in [2.05, 4.69) is 0 Å². The first kappa shape index (κ1) is 24.3. The molecule has 0 saturated heterocycles. The summed E-state index contributed by atoms with van der Waals surface area (Å²) in [6, 6.07) is 9.60. The van der Waals surface area contributed by atoms with Crippen LogP contribution in [0.15, 0.2) is 47.4 Å². The van der Waals surface area contributed by atoms with Crippen LogP contribution in [0.5, 0.6) is 11.5 Å². The second-order valence-electron chi connectivity index (χ2n) is 7.21. The molecule has 35 heavy (non-hydrogen) atoms. The molecule has 1 aliphatic heterocycles. The monoisotopic (exact) mass is 520 g/mol. The Bertz CT molecular complexity index is 1500. The molecule has 4 bridgehead atoms. The van der Waals surface area contributed by atoms with Crippen LogP contribution in [0.4, 0.5) is 14.5 Å². The Hall–Kier alpha value is -3.88. The Morgan fingerprint density at radius 2 is 1.80 bits per heavy atom. The van der Waals surface area contributed by atoms with Crippen LogP contribution < -0.4 is 14.2 Å². The van der Waals surface area contributed by atoms with Crippen molar-refractivity contribution >= 4 is 33.3 Å². The minimum Gasteiger partial charge on any atom is -0.494 e. The van der Waals surface area contributed by atoms with Gasteiger partial charge in [-0.1, -0.05) is 11.6 Å². The summed E-state index contributed by atoms with van der Waals surface area (Å²) in [6.07, 6.45) is 0. The van der Waals surface area contributed by atoms with Gasteiger partial charge in [0.15, 0.2) is 5.75 Å². The highest BCUT2D eigenvalue weighted by atomic mass is 35.5. The van der Waals surface area contributed by atoms with Crippen LogP contribution in [0.2, 0.25) is 5.02 Å². The molecular formula is C23H15ClF2N2O6S. The minimum atomic E-state index is -4.60. The van der Waals surface area contributed by atoms with E-state index in [9.17, 15) is 27.3 Å². The first-order chi connectivity index (χ1) is 16.6. The fraction of sp³-hybridized carbons (Fsp3) is 0.130. The summed E-state index contributed by atoms with van der Waals surface area (Å²) < 4.78 is 73.8. The molecule has 0 radical (unpaired) electrons. The molecule has 0 fully saturated rings. The van der Waals surface area contributed by atoms with Gasteiger partial charge >= 0.3 is 5.97 Å². The van der Waals surface area contributed by atoms with Crippen LogP contribution in [0.1, 0.15) is 15.9 Å². The quantitative estimate of drug-likeness (QED) is 0.469. The standard InChI is InChI=1S/C23H15ClF2N2O6S/c1-32-22-16(24)7-13-8-21(22)35(30,31)28-19-9-14(17(25)10-18(19)26)15-6-12(11-27)2-3-20(15)33-4-5-34-23(13)29/h2-3,6-10,28H,4-5H2,1H3. The number of sulfonamides is 1. The lowest BCUT2D eigenvalue weighted by Gasteiger charge is -2.16. The lowest BCUT2D eigenvalue weighted by Crippen LogP contribution is -2.17. The van der Waals surface area contributed by atoms with Crippen LogP contribution in [-0.4, -0.2) is 34.7 Å². The van der Waals surface area contributed by atoms with E-state index < -0.39 is 38.2 Å². The van der Waals surface area contributed by atoms with Crippen molar-refractivity contribution in [2.45, 2.75) is 4.90 Å². The number of halogens is 3. The highest BCUT2D eigenvalue weighted by molar-refractivity contribution is 7.92. The number of carbonyl (C=O) groups is 1. The molecule has 180 valence electrons. The van der Waals surface area contributed by atoms with E-state index in [1.165, 1.54) is 25.3 Å². The molecule has 3 aromatic carbocycles. The van der Waals surface area contributed by atoms with Gasteiger partial charge in [0, 0.05) is 17.2 Å². The van der Waals surface area contributed by atoms with Crippen molar-refractivity contribution in [3.63, 3.8) is 0 Å². The molecule has 0 atom stereocenters. The molecule has 0 unspecified atom stereocenters. The van der Waals surface area contributed by atoms with Gasteiger partial charge in [-0.2, -0.15) is 5.26 Å². The highest BCUT2D eigenvalue weighted by Crippen LogP contribution is 2.38. The van der Waals surface area contributed by atoms with Crippen LogP contribution in [0.3, 0.4) is 0 Å². The van der Waals surface area contributed by atoms with Crippen molar-refractivity contribution in [2.75, 3.05) is 25.0 Å². The van der Waals surface area contributed by atoms with Crippen molar-refractivity contribution in [2.24, 2.45) is 0 Å². The summed E-state index contributed by atoms with van der Waals surface area (Å²) >= 11 is 6.13. The molecule has 0 spiro atoms. The van der Waals surface area contributed by atoms with Gasteiger partial charge in [-0.15, -0.1) is 0 Å². The van der Waals surface area contributed by atoms with Crippen molar-refractivity contribution in [3.8, 4) is 28.7 Å². The first-order valence-electron chi connectivity index (χ1n) is 9.88. The van der Waals surface area contributed by atoms with Crippen LogP contribution >= 0.6 is 11.6 Å². The average Bonchev–Trinajstić information content (AvgIpc) is 2.82. The number of cyclic esters (lactones) is 1. The molecular weight excluding hydrogens is 506 g/mol. The molecule has 0 aliphatic carbocycles. The lowest BCUT2D eigenvalue weighted by molar-refractivity contribution is 0.0450. The number of hydrogen-bond acceptors (Lipinski definition) is 7. The number of carbonyl (C=O) groups excluding carboxylic acids is 1. The maximum absolute atomic E-state index is 14.8. The number of ether oxygens (including phenoxy) is 3. The van der Waals surface area contributed by atoms with Crippen molar-refractivity contribution < 1.29 is 36.2 Å².